The average Bonchev–Trinajstić information content (AvgIpc) is 3.02. The Kier molecular flexibility index (Phi) is 8.30. The molecule has 2 heterocycles. The number of aliphatic hydroxyl groups is 1. The number of ether oxygens (including phenoxy) is 1. The average molecular weight is 488 g/mol. The lowest BCUT2D eigenvalue weighted by Crippen LogP contribution is -2.46. The van der Waals surface area contributed by atoms with Crippen LogP contribution in [-0.4, -0.2) is 61.5 Å². The van der Waals surface area contributed by atoms with Gasteiger partial charge in [-0.25, -0.2) is 0 Å². The SMILES string of the molecule is CCNC(=NCC1(O)CCOCC1)NC1CC(=O)N(c2ccccc2)C1.I. The highest BCUT2D eigenvalue weighted by molar-refractivity contribution is 14.0. The number of aliphatic imine (C=N–C) groups is 1. The fraction of sp³-hybridized carbons (Fsp3) is 0.579. The van der Waals surface area contributed by atoms with Crippen LogP contribution in [0.15, 0.2) is 35.3 Å². The van der Waals surface area contributed by atoms with Gasteiger partial charge in [0.15, 0.2) is 5.96 Å². The second kappa shape index (κ2) is 10.2. The molecule has 7 nitrogen and oxygen atoms in total. The van der Waals surface area contributed by atoms with Gasteiger partial charge in [0, 0.05) is 51.3 Å². The molecular formula is C19H29IN4O3. The maximum absolute atomic E-state index is 12.4. The summed E-state index contributed by atoms with van der Waals surface area (Å²) in [6.45, 7) is 4.78. The topological polar surface area (TPSA) is 86.2 Å². The smallest absolute Gasteiger partial charge is 0.229 e. The molecule has 1 aromatic carbocycles. The first kappa shape index (κ1) is 21.9. The minimum Gasteiger partial charge on any atom is -0.388 e. The summed E-state index contributed by atoms with van der Waals surface area (Å²) < 4.78 is 5.31. The minimum absolute atomic E-state index is 0. The number of nitrogens with zero attached hydrogens (tertiary/aromatic N) is 2. The van der Waals surface area contributed by atoms with Crippen molar-refractivity contribution in [3.05, 3.63) is 30.3 Å². The van der Waals surface area contributed by atoms with E-state index in [-0.39, 0.29) is 35.9 Å². The predicted octanol–water partition coefficient (Wildman–Crippen LogP) is 1.51. The van der Waals surface area contributed by atoms with E-state index in [0.717, 1.165) is 12.2 Å². The van der Waals surface area contributed by atoms with Gasteiger partial charge in [-0.05, 0) is 19.1 Å². The molecule has 3 N–H and O–H groups in total. The maximum atomic E-state index is 12.4. The van der Waals surface area contributed by atoms with Crippen LogP contribution in [0.2, 0.25) is 0 Å². The van der Waals surface area contributed by atoms with Crippen molar-refractivity contribution < 1.29 is 14.6 Å². The van der Waals surface area contributed by atoms with Crippen molar-refractivity contribution in [2.24, 2.45) is 4.99 Å². The Hall–Kier alpha value is -1.39. The molecular weight excluding hydrogens is 459 g/mol. The maximum Gasteiger partial charge on any atom is 0.229 e. The normalized spacial score (nSPS) is 22.3. The standard InChI is InChI=1S/C19H28N4O3.HI/c1-2-20-18(21-14-19(25)8-10-26-11-9-19)22-15-12-17(24)23(13-15)16-6-4-3-5-7-16;/h3-7,15,25H,2,8-14H2,1H3,(H2,20,21,22);1H. The Balaban J connectivity index is 0.00000261. The quantitative estimate of drug-likeness (QED) is 0.333. The number of para-hydroxylation sites is 1. The number of guanidine groups is 1. The third kappa shape index (κ3) is 6.05. The van der Waals surface area contributed by atoms with Gasteiger partial charge in [0.25, 0.3) is 0 Å². The summed E-state index contributed by atoms with van der Waals surface area (Å²) in [6.07, 6.45) is 1.62. The molecule has 2 aliphatic heterocycles. The van der Waals surface area contributed by atoms with E-state index in [1.54, 1.807) is 4.90 Å². The summed E-state index contributed by atoms with van der Waals surface area (Å²) in [6, 6.07) is 9.69. The van der Waals surface area contributed by atoms with Crippen molar-refractivity contribution in [3.8, 4) is 0 Å². The molecule has 0 spiro atoms. The number of halogens is 1. The Morgan fingerprint density at radius 2 is 2.04 bits per heavy atom. The summed E-state index contributed by atoms with van der Waals surface area (Å²) in [5, 5.41) is 17.1. The number of rotatable bonds is 5. The van der Waals surface area contributed by atoms with Gasteiger partial charge in [-0.15, -0.1) is 24.0 Å². The van der Waals surface area contributed by atoms with Gasteiger partial charge in [0.2, 0.25) is 5.91 Å². The number of anilines is 1. The van der Waals surface area contributed by atoms with E-state index >= 15 is 0 Å². The molecule has 1 atom stereocenters. The van der Waals surface area contributed by atoms with Crippen molar-refractivity contribution in [3.63, 3.8) is 0 Å². The molecule has 0 aliphatic carbocycles. The van der Waals surface area contributed by atoms with Crippen LogP contribution in [0.5, 0.6) is 0 Å². The van der Waals surface area contributed by atoms with Gasteiger partial charge in [-0.2, -0.15) is 0 Å². The Labute approximate surface area is 177 Å². The minimum atomic E-state index is -0.803. The molecule has 2 aliphatic rings. The summed E-state index contributed by atoms with van der Waals surface area (Å²) in [5.74, 6) is 0.743. The molecule has 0 aromatic heterocycles. The van der Waals surface area contributed by atoms with Crippen LogP contribution < -0.4 is 15.5 Å². The molecule has 27 heavy (non-hydrogen) atoms. The van der Waals surface area contributed by atoms with Crippen LogP contribution in [0.3, 0.4) is 0 Å². The van der Waals surface area contributed by atoms with Crippen LogP contribution in [0.1, 0.15) is 26.2 Å². The predicted molar refractivity (Wildman–Crippen MR) is 117 cm³/mol. The molecule has 8 heteroatoms. The van der Waals surface area contributed by atoms with E-state index in [1.165, 1.54) is 0 Å². The zero-order chi connectivity index (χ0) is 18.4. The van der Waals surface area contributed by atoms with Crippen molar-refractivity contribution in [2.75, 3.05) is 37.7 Å². The summed E-state index contributed by atoms with van der Waals surface area (Å²) >= 11 is 0. The third-order valence-corrected chi connectivity index (χ3v) is 4.83. The van der Waals surface area contributed by atoms with Gasteiger partial charge in [-0.1, -0.05) is 18.2 Å². The van der Waals surface area contributed by atoms with Crippen LogP contribution in [0.25, 0.3) is 0 Å². The van der Waals surface area contributed by atoms with Crippen molar-refractivity contribution >= 4 is 41.5 Å². The number of nitrogens with one attached hydrogen (secondary N) is 2. The highest BCUT2D eigenvalue weighted by Gasteiger charge is 2.32. The Bertz CT molecular complexity index is 635. The summed E-state index contributed by atoms with van der Waals surface area (Å²) in [5.41, 5.74) is 0.114. The summed E-state index contributed by atoms with van der Waals surface area (Å²) in [4.78, 5) is 18.7. The van der Waals surface area contributed by atoms with Gasteiger partial charge in [-0.3, -0.25) is 9.79 Å². The van der Waals surface area contributed by atoms with E-state index in [0.29, 0.717) is 51.5 Å². The molecule has 3 rings (SSSR count). The number of carbonyl (C=O) groups is 1. The fourth-order valence-corrected chi connectivity index (χ4v) is 3.31. The van der Waals surface area contributed by atoms with Gasteiger partial charge in [0.05, 0.1) is 18.2 Å². The first-order valence-corrected chi connectivity index (χ1v) is 9.30. The molecule has 2 fully saturated rings. The monoisotopic (exact) mass is 488 g/mol. The van der Waals surface area contributed by atoms with E-state index in [2.05, 4.69) is 15.6 Å². The van der Waals surface area contributed by atoms with E-state index in [4.69, 9.17) is 4.74 Å². The van der Waals surface area contributed by atoms with Crippen LogP contribution >= 0.6 is 24.0 Å². The first-order valence-electron chi connectivity index (χ1n) is 9.30. The van der Waals surface area contributed by atoms with Crippen LogP contribution in [0, 0.1) is 0 Å². The molecule has 1 unspecified atom stereocenters. The van der Waals surface area contributed by atoms with Gasteiger partial charge < -0.3 is 25.4 Å². The van der Waals surface area contributed by atoms with Crippen molar-refractivity contribution in [2.45, 2.75) is 37.8 Å². The second-order valence-corrected chi connectivity index (χ2v) is 6.92. The Morgan fingerprint density at radius 1 is 1.33 bits per heavy atom. The highest BCUT2D eigenvalue weighted by atomic mass is 127. The number of carbonyl (C=O) groups excluding carboxylic acids is 1. The molecule has 150 valence electrons. The molecule has 1 amide bonds. The zero-order valence-electron chi connectivity index (χ0n) is 15.7. The lowest BCUT2D eigenvalue weighted by molar-refractivity contribution is -0.117. The van der Waals surface area contributed by atoms with Crippen molar-refractivity contribution in [1.82, 2.24) is 10.6 Å². The Morgan fingerprint density at radius 3 is 2.70 bits per heavy atom. The lowest BCUT2D eigenvalue weighted by Gasteiger charge is -2.30. The summed E-state index contributed by atoms with van der Waals surface area (Å²) in [7, 11) is 0. The molecule has 1 aromatic rings. The largest absolute Gasteiger partial charge is 0.388 e. The van der Waals surface area contributed by atoms with Crippen LogP contribution in [0.4, 0.5) is 5.69 Å². The van der Waals surface area contributed by atoms with Gasteiger partial charge in [0.1, 0.15) is 0 Å². The zero-order valence-corrected chi connectivity index (χ0v) is 18.0. The van der Waals surface area contributed by atoms with E-state index in [9.17, 15) is 9.90 Å². The van der Waals surface area contributed by atoms with E-state index < -0.39 is 5.60 Å². The molecule has 2 saturated heterocycles. The molecule has 0 bridgehead atoms. The van der Waals surface area contributed by atoms with Gasteiger partial charge >= 0.3 is 0 Å². The number of amides is 1. The number of hydrogen-bond donors (Lipinski definition) is 3. The lowest BCUT2D eigenvalue weighted by atomic mass is 9.95. The first-order chi connectivity index (χ1) is 12.6. The highest BCUT2D eigenvalue weighted by Crippen LogP contribution is 2.22. The number of benzene rings is 1. The second-order valence-electron chi connectivity index (χ2n) is 6.92. The van der Waals surface area contributed by atoms with Crippen LogP contribution in [-0.2, 0) is 9.53 Å². The third-order valence-electron chi connectivity index (χ3n) is 4.83. The number of hydrogen-bond acceptors (Lipinski definition) is 4. The molecule has 0 radical (unpaired) electrons. The fourth-order valence-electron chi connectivity index (χ4n) is 3.31. The van der Waals surface area contributed by atoms with Crippen molar-refractivity contribution in [1.29, 1.82) is 0 Å². The van der Waals surface area contributed by atoms with E-state index in [1.807, 2.05) is 37.3 Å². The molecule has 0 saturated carbocycles.